The first-order chi connectivity index (χ1) is 11.8. The number of aromatic carboxylic acids is 1. The zero-order valence-corrected chi connectivity index (χ0v) is 14.8. The quantitative estimate of drug-likeness (QED) is 0.682. The van der Waals surface area contributed by atoms with Crippen LogP contribution in [0.4, 0.5) is 4.39 Å². The normalized spacial score (nSPS) is 10.7. The zero-order chi connectivity index (χ0) is 18.1. The van der Waals surface area contributed by atoms with Gasteiger partial charge in [-0.1, -0.05) is 0 Å². The molecule has 4 nitrogen and oxygen atoms in total. The van der Waals surface area contributed by atoms with Crippen LogP contribution in [0.2, 0.25) is 0 Å². The van der Waals surface area contributed by atoms with Gasteiger partial charge in [0.05, 0.1) is 5.69 Å². The van der Waals surface area contributed by atoms with E-state index in [1.165, 1.54) is 6.07 Å². The molecular formula is C19H16FNO3S. The highest BCUT2D eigenvalue weighted by atomic mass is 32.1. The van der Waals surface area contributed by atoms with Gasteiger partial charge in [0.2, 0.25) is 0 Å². The van der Waals surface area contributed by atoms with Gasteiger partial charge in [0, 0.05) is 5.56 Å². The van der Waals surface area contributed by atoms with Gasteiger partial charge in [-0.2, -0.15) is 0 Å². The number of carboxylic acid groups (broad SMARTS) is 1. The van der Waals surface area contributed by atoms with E-state index >= 15 is 0 Å². The van der Waals surface area contributed by atoms with Crippen molar-refractivity contribution >= 4 is 17.3 Å². The number of rotatable bonds is 4. The Bertz CT molecular complexity index is 965. The maximum absolute atomic E-state index is 13.3. The van der Waals surface area contributed by atoms with Gasteiger partial charge in [0.25, 0.3) is 0 Å². The van der Waals surface area contributed by atoms with Crippen LogP contribution in [0.1, 0.15) is 26.5 Å². The lowest BCUT2D eigenvalue weighted by Crippen LogP contribution is -1.94. The first kappa shape index (κ1) is 17.1. The van der Waals surface area contributed by atoms with Crippen LogP contribution in [0.3, 0.4) is 0 Å². The lowest BCUT2D eigenvalue weighted by Gasteiger charge is -2.10. The highest BCUT2D eigenvalue weighted by Crippen LogP contribution is 2.33. The minimum absolute atomic E-state index is 0.245. The predicted octanol–water partition coefficient (Wildman–Crippen LogP) is 5.36. The van der Waals surface area contributed by atoms with Crippen molar-refractivity contribution in [1.82, 2.24) is 4.98 Å². The Labute approximate surface area is 148 Å². The number of halogens is 1. The number of ether oxygens (including phenoxy) is 1. The zero-order valence-electron chi connectivity index (χ0n) is 14.0. The molecule has 0 radical (unpaired) electrons. The van der Waals surface area contributed by atoms with Crippen molar-refractivity contribution in [2.75, 3.05) is 0 Å². The van der Waals surface area contributed by atoms with E-state index in [2.05, 4.69) is 4.98 Å². The molecule has 3 aromatic rings. The van der Waals surface area contributed by atoms with Crippen molar-refractivity contribution in [3.05, 3.63) is 63.9 Å². The summed E-state index contributed by atoms with van der Waals surface area (Å²) in [6, 6.07) is 10.1. The van der Waals surface area contributed by atoms with Gasteiger partial charge in [0.15, 0.2) is 0 Å². The summed E-state index contributed by atoms with van der Waals surface area (Å²) in [4.78, 5) is 15.7. The van der Waals surface area contributed by atoms with Crippen molar-refractivity contribution < 1.29 is 19.0 Å². The Kier molecular flexibility index (Phi) is 4.55. The Morgan fingerprint density at radius 3 is 2.48 bits per heavy atom. The van der Waals surface area contributed by atoms with Gasteiger partial charge >= 0.3 is 5.97 Å². The smallest absolute Gasteiger partial charge is 0.347 e. The van der Waals surface area contributed by atoms with Gasteiger partial charge in [-0.05, 0) is 68.3 Å². The van der Waals surface area contributed by atoms with Gasteiger partial charge in [-0.25, -0.2) is 14.2 Å². The molecule has 1 N–H and O–H groups in total. The fourth-order valence-electron chi connectivity index (χ4n) is 2.42. The molecule has 0 spiro atoms. The van der Waals surface area contributed by atoms with Gasteiger partial charge in [-0.3, -0.25) is 0 Å². The number of aryl methyl sites for hydroxylation is 3. The predicted molar refractivity (Wildman–Crippen MR) is 95.2 cm³/mol. The number of thiazole rings is 1. The summed E-state index contributed by atoms with van der Waals surface area (Å²) >= 11 is 1.15. The van der Waals surface area contributed by atoms with E-state index in [9.17, 15) is 9.18 Å². The summed E-state index contributed by atoms with van der Waals surface area (Å²) in [6.07, 6.45) is 0. The molecule has 0 saturated heterocycles. The van der Waals surface area contributed by atoms with Crippen molar-refractivity contribution in [2.45, 2.75) is 20.8 Å². The molecule has 1 aromatic heterocycles. The lowest BCUT2D eigenvalue weighted by molar-refractivity contribution is 0.0701. The molecule has 6 heteroatoms. The van der Waals surface area contributed by atoms with E-state index in [0.29, 0.717) is 27.8 Å². The Morgan fingerprint density at radius 1 is 1.12 bits per heavy atom. The fourth-order valence-corrected chi connectivity index (χ4v) is 3.32. The monoisotopic (exact) mass is 357 g/mol. The van der Waals surface area contributed by atoms with Gasteiger partial charge < -0.3 is 9.84 Å². The third kappa shape index (κ3) is 3.53. The average molecular weight is 357 g/mol. The molecule has 2 aromatic carbocycles. The van der Waals surface area contributed by atoms with Crippen molar-refractivity contribution in [2.24, 2.45) is 0 Å². The number of carbonyl (C=O) groups is 1. The average Bonchev–Trinajstić information content (AvgIpc) is 2.95. The van der Waals surface area contributed by atoms with Crippen molar-refractivity contribution in [3.63, 3.8) is 0 Å². The summed E-state index contributed by atoms with van der Waals surface area (Å²) in [6.45, 7) is 5.27. The van der Waals surface area contributed by atoms with Crippen molar-refractivity contribution in [1.29, 1.82) is 0 Å². The lowest BCUT2D eigenvalue weighted by atomic mass is 10.1. The number of nitrogens with zero attached hydrogens (tertiary/aromatic N) is 1. The summed E-state index contributed by atoms with van der Waals surface area (Å²) in [5.41, 5.74) is 2.74. The third-order valence-electron chi connectivity index (χ3n) is 3.77. The number of benzene rings is 2. The molecule has 0 aliphatic rings. The first-order valence-electron chi connectivity index (χ1n) is 7.61. The van der Waals surface area contributed by atoms with E-state index < -0.39 is 5.97 Å². The van der Waals surface area contributed by atoms with Crippen molar-refractivity contribution in [3.8, 4) is 22.1 Å². The minimum atomic E-state index is -0.968. The Balaban J connectivity index is 1.89. The molecule has 0 aliphatic carbocycles. The molecule has 0 atom stereocenters. The van der Waals surface area contributed by atoms with E-state index in [0.717, 1.165) is 22.5 Å². The van der Waals surface area contributed by atoms with Crippen LogP contribution in [-0.2, 0) is 0 Å². The standard InChI is InChI=1S/C19H16FNO3S/c1-10-9-14(5-6-15(10)20)24-16-7-4-13(8-11(16)2)18-21-12(3)17(25-18)19(22)23/h4-9H,1-3H3,(H,22,23). The molecule has 0 bridgehead atoms. The van der Waals surface area contributed by atoms with E-state index in [-0.39, 0.29) is 10.7 Å². The van der Waals surface area contributed by atoms with Gasteiger partial charge in [0.1, 0.15) is 27.2 Å². The first-order valence-corrected chi connectivity index (χ1v) is 8.42. The summed E-state index contributed by atoms with van der Waals surface area (Å²) in [5, 5.41) is 9.81. The van der Waals surface area contributed by atoms with Crippen LogP contribution in [0.15, 0.2) is 36.4 Å². The molecule has 0 aliphatic heterocycles. The summed E-state index contributed by atoms with van der Waals surface area (Å²) in [5.74, 6) is -0.0214. The van der Waals surface area contributed by atoms with E-state index in [1.54, 1.807) is 32.0 Å². The summed E-state index contributed by atoms with van der Waals surface area (Å²) < 4.78 is 19.2. The van der Waals surface area contributed by atoms with Crippen LogP contribution in [0, 0.1) is 26.6 Å². The van der Waals surface area contributed by atoms with Gasteiger partial charge in [-0.15, -0.1) is 11.3 Å². The number of carboxylic acids is 1. The fraction of sp³-hybridized carbons (Fsp3) is 0.158. The number of aromatic nitrogens is 1. The SMILES string of the molecule is Cc1cc(Oc2ccc(-c3nc(C)c(C(=O)O)s3)cc2C)ccc1F. The highest BCUT2D eigenvalue weighted by Gasteiger charge is 2.15. The largest absolute Gasteiger partial charge is 0.477 e. The second-order valence-corrected chi connectivity index (χ2v) is 6.73. The third-order valence-corrected chi connectivity index (χ3v) is 4.96. The minimum Gasteiger partial charge on any atom is -0.477 e. The molecule has 0 fully saturated rings. The van der Waals surface area contributed by atoms with Crippen LogP contribution in [-0.4, -0.2) is 16.1 Å². The molecule has 25 heavy (non-hydrogen) atoms. The van der Waals surface area contributed by atoms with Crippen LogP contribution in [0.5, 0.6) is 11.5 Å². The van der Waals surface area contributed by atoms with Crippen LogP contribution >= 0.6 is 11.3 Å². The molecular weight excluding hydrogens is 341 g/mol. The number of hydrogen-bond acceptors (Lipinski definition) is 4. The molecule has 128 valence electrons. The molecule has 0 unspecified atom stereocenters. The maximum Gasteiger partial charge on any atom is 0.347 e. The van der Waals surface area contributed by atoms with Crippen LogP contribution in [0.25, 0.3) is 10.6 Å². The van der Waals surface area contributed by atoms with E-state index in [1.807, 2.05) is 19.1 Å². The molecule has 3 rings (SSSR count). The molecule has 0 saturated carbocycles. The second-order valence-electron chi connectivity index (χ2n) is 5.73. The topological polar surface area (TPSA) is 59.4 Å². The second kappa shape index (κ2) is 6.64. The maximum atomic E-state index is 13.3. The van der Waals surface area contributed by atoms with E-state index in [4.69, 9.17) is 9.84 Å². The van der Waals surface area contributed by atoms with Crippen LogP contribution < -0.4 is 4.74 Å². The summed E-state index contributed by atoms with van der Waals surface area (Å²) in [7, 11) is 0. The molecule has 1 heterocycles. The highest BCUT2D eigenvalue weighted by molar-refractivity contribution is 7.17. The number of hydrogen-bond donors (Lipinski definition) is 1. The Morgan fingerprint density at radius 2 is 1.88 bits per heavy atom. The molecule has 0 amide bonds. The Hall–Kier alpha value is -2.73.